The molecule has 120 valence electrons. The van der Waals surface area contributed by atoms with Crippen molar-refractivity contribution in [3.63, 3.8) is 0 Å². The number of amides is 2. The fourth-order valence-corrected chi connectivity index (χ4v) is 2.46. The molecular weight excluding hydrogens is 329 g/mol. The van der Waals surface area contributed by atoms with Gasteiger partial charge in [0.1, 0.15) is 0 Å². The van der Waals surface area contributed by atoms with Crippen LogP contribution in [0.2, 0.25) is 10.0 Å². The van der Waals surface area contributed by atoms with Gasteiger partial charge in [0.2, 0.25) is 0 Å². The Labute approximate surface area is 138 Å². The van der Waals surface area contributed by atoms with E-state index in [0.29, 0.717) is 37.0 Å². The minimum absolute atomic E-state index is 0.280. The number of anilines is 1. The van der Waals surface area contributed by atoms with Crippen LogP contribution < -0.4 is 10.6 Å². The van der Waals surface area contributed by atoms with Crippen LogP contribution in [-0.2, 0) is 14.3 Å². The van der Waals surface area contributed by atoms with Crippen molar-refractivity contribution in [1.82, 2.24) is 10.2 Å². The van der Waals surface area contributed by atoms with E-state index in [0.717, 1.165) is 13.1 Å². The second-order valence-electron chi connectivity index (χ2n) is 4.79. The lowest BCUT2D eigenvalue weighted by Gasteiger charge is -2.26. The topological polar surface area (TPSA) is 70.7 Å². The van der Waals surface area contributed by atoms with Gasteiger partial charge in [-0.25, -0.2) is 0 Å². The summed E-state index contributed by atoms with van der Waals surface area (Å²) >= 11 is 11.7. The van der Waals surface area contributed by atoms with Gasteiger partial charge in [-0.05, 0) is 18.2 Å². The van der Waals surface area contributed by atoms with Gasteiger partial charge in [-0.3, -0.25) is 14.5 Å². The summed E-state index contributed by atoms with van der Waals surface area (Å²) in [7, 11) is 0. The summed E-state index contributed by atoms with van der Waals surface area (Å²) in [5, 5.41) is 5.76. The molecular formula is C14H17Cl2N3O3. The van der Waals surface area contributed by atoms with Crippen LogP contribution in [0.1, 0.15) is 0 Å². The number of benzene rings is 1. The van der Waals surface area contributed by atoms with Gasteiger partial charge < -0.3 is 15.4 Å². The Morgan fingerprint density at radius 1 is 1.18 bits per heavy atom. The molecule has 8 heteroatoms. The highest BCUT2D eigenvalue weighted by Crippen LogP contribution is 2.25. The number of ether oxygens (including phenoxy) is 1. The van der Waals surface area contributed by atoms with Gasteiger partial charge in [0.05, 0.1) is 23.9 Å². The van der Waals surface area contributed by atoms with E-state index in [1.807, 2.05) is 0 Å². The van der Waals surface area contributed by atoms with Crippen molar-refractivity contribution >= 4 is 40.7 Å². The van der Waals surface area contributed by atoms with Crippen molar-refractivity contribution in [1.29, 1.82) is 0 Å². The maximum absolute atomic E-state index is 11.8. The average molecular weight is 346 g/mol. The largest absolute Gasteiger partial charge is 0.379 e. The van der Waals surface area contributed by atoms with Crippen LogP contribution in [0.5, 0.6) is 0 Å². The number of nitrogens with one attached hydrogen (secondary N) is 2. The van der Waals surface area contributed by atoms with Gasteiger partial charge >= 0.3 is 11.8 Å². The molecule has 22 heavy (non-hydrogen) atoms. The minimum Gasteiger partial charge on any atom is -0.379 e. The van der Waals surface area contributed by atoms with Gasteiger partial charge in [0.15, 0.2) is 0 Å². The molecule has 0 spiro atoms. The van der Waals surface area contributed by atoms with E-state index in [2.05, 4.69) is 15.5 Å². The second kappa shape index (κ2) is 8.33. The minimum atomic E-state index is -0.758. The van der Waals surface area contributed by atoms with E-state index in [4.69, 9.17) is 27.9 Å². The molecule has 1 aliphatic rings. The lowest BCUT2D eigenvalue weighted by molar-refractivity contribution is -0.136. The van der Waals surface area contributed by atoms with Crippen molar-refractivity contribution in [3.8, 4) is 0 Å². The Kier molecular flexibility index (Phi) is 6.45. The molecule has 1 fully saturated rings. The smallest absolute Gasteiger partial charge is 0.313 e. The Morgan fingerprint density at radius 2 is 1.91 bits per heavy atom. The zero-order valence-electron chi connectivity index (χ0n) is 11.9. The van der Waals surface area contributed by atoms with E-state index in [9.17, 15) is 9.59 Å². The molecule has 1 saturated heterocycles. The monoisotopic (exact) mass is 345 g/mol. The lowest BCUT2D eigenvalue weighted by Crippen LogP contribution is -2.43. The summed E-state index contributed by atoms with van der Waals surface area (Å²) in [6.07, 6.45) is 0. The normalized spacial score (nSPS) is 15.4. The SMILES string of the molecule is O=C(NCCN1CCOCC1)C(=O)Nc1ccc(Cl)cc1Cl. The van der Waals surface area contributed by atoms with Crippen LogP contribution in [0.3, 0.4) is 0 Å². The molecule has 0 aromatic heterocycles. The molecule has 6 nitrogen and oxygen atoms in total. The van der Waals surface area contributed by atoms with Crippen LogP contribution in [0.4, 0.5) is 5.69 Å². The molecule has 2 amide bonds. The predicted molar refractivity (Wildman–Crippen MR) is 85.4 cm³/mol. The zero-order valence-corrected chi connectivity index (χ0v) is 13.4. The van der Waals surface area contributed by atoms with E-state index in [1.54, 1.807) is 12.1 Å². The molecule has 2 rings (SSSR count). The first kappa shape index (κ1) is 17.0. The van der Waals surface area contributed by atoms with E-state index in [-0.39, 0.29) is 5.02 Å². The quantitative estimate of drug-likeness (QED) is 0.809. The molecule has 0 bridgehead atoms. The number of hydrogen-bond acceptors (Lipinski definition) is 4. The molecule has 0 aliphatic carbocycles. The third-order valence-corrected chi connectivity index (χ3v) is 3.75. The second-order valence-corrected chi connectivity index (χ2v) is 5.63. The number of rotatable bonds is 4. The van der Waals surface area contributed by atoms with Crippen molar-refractivity contribution < 1.29 is 14.3 Å². The molecule has 1 aromatic carbocycles. The van der Waals surface area contributed by atoms with Crippen molar-refractivity contribution in [2.75, 3.05) is 44.7 Å². The van der Waals surface area contributed by atoms with Gasteiger partial charge in [0, 0.05) is 31.2 Å². The fraction of sp³-hybridized carbons (Fsp3) is 0.429. The van der Waals surface area contributed by atoms with Gasteiger partial charge in [-0.15, -0.1) is 0 Å². The summed E-state index contributed by atoms with van der Waals surface area (Å²) in [5.41, 5.74) is 0.347. The molecule has 1 aromatic rings. The maximum atomic E-state index is 11.8. The summed E-state index contributed by atoms with van der Waals surface area (Å²) in [4.78, 5) is 25.7. The number of halogens is 2. The van der Waals surface area contributed by atoms with E-state index in [1.165, 1.54) is 6.07 Å². The number of morpholine rings is 1. The van der Waals surface area contributed by atoms with Crippen LogP contribution in [0.25, 0.3) is 0 Å². The first-order valence-corrected chi connectivity index (χ1v) is 7.66. The Hall–Kier alpha value is -1.34. The summed E-state index contributed by atoms with van der Waals surface area (Å²) in [5.74, 6) is -1.45. The molecule has 2 N–H and O–H groups in total. The zero-order chi connectivity index (χ0) is 15.9. The van der Waals surface area contributed by atoms with Crippen molar-refractivity contribution in [2.45, 2.75) is 0 Å². The Balaban J connectivity index is 1.75. The number of nitrogens with zero attached hydrogens (tertiary/aromatic N) is 1. The number of carbonyl (C=O) groups excluding carboxylic acids is 2. The first-order chi connectivity index (χ1) is 10.6. The summed E-state index contributed by atoms with van der Waals surface area (Å²) in [6, 6.07) is 4.62. The van der Waals surface area contributed by atoms with Crippen LogP contribution in [0, 0.1) is 0 Å². The lowest BCUT2D eigenvalue weighted by atomic mass is 10.3. The van der Waals surface area contributed by atoms with Crippen molar-refractivity contribution in [3.05, 3.63) is 28.2 Å². The van der Waals surface area contributed by atoms with Crippen LogP contribution in [-0.4, -0.2) is 56.1 Å². The molecule has 0 atom stereocenters. The standard InChI is InChI=1S/C14H17Cl2N3O3/c15-10-1-2-12(11(16)9-10)18-14(21)13(20)17-3-4-19-5-7-22-8-6-19/h1-2,9H,3-8H2,(H,17,20)(H,18,21). The first-order valence-electron chi connectivity index (χ1n) is 6.90. The third-order valence-electron chi connectivity index (χ3n) is 3.20. The van der Waals surface area contributed by atoms with Gasteiger partial charge in [0.25, 0.3) is 0 Å². The molecule has 0 radical (unpaired) electrons. The number of carbonyl (C=O) groups is 2. The van der Waals surface area contributed by atoms with Crippen LogP contribution >= 0.6 is 23.2 Å². The van der Waals surface area contributed by atoms with Crippen molar-refractivity contribution in [2.24, 2.45) is 0 Å². The Morgan fingerprint density at radius 3 is 2.59 bits per heavy atom. The summed E-state index contributed by atoms with van der Waals surface area (Å²) < 4.78 is 5.24. The molecule has 1 heterocycles. The third kappa shape index (κ3) is 5.14. The van der Waals surface area contributed by atoms with E-state index < -0.39 is 11.8 Å². The van der Waals surface area contributed by atoms with Crippen LogP contribution in [0.15, 0.2) is 18.2 Å². The molecule has 1 aliphatic heterocycles. The highest BCUT2D eigenvalue weighted by atomic mass is 35.5. The average Bonchev–Trinajstić information content (AvgIpc) is 2.51. The Bertz CT molecular complexity index is 548. The van der Waals surface area contributed by atoms with Gasteiger partial charge in [-0.2, -0.15) is 0 Å². The highest BCUT2D eigenvalue weighted by Gasteiger charge is 2.16. The predicted octanol–water partition coefficient (Wildman–Crippen LogP) is 1.38. The fourth-order valence-electron chi connectivity index (χ4n) is 2.00. The molecule has 0 saturated carbocycles. The molecule has 0 unspecified atom stereocenters. The maximum Gasteiger partial charge on any atom is 0.313 e. The number of hydrogen-bond donors (Lipinski definition) is 2. The summed E-state index contributed by atoms with van der Waals surface area (Å²) in [6.45, 7) is 4.16. The van der Waals surface area contributed by atoms with Gasteiger partial charge in [-0.1, -0.05) is 23.2 Å². The highest BCUT2D eigenvalue weighted by molar-refractivity contribution is 6.42. The van der Waals surface area contributed by atoms with E-state index >= 15 is 0 Å².